The number of hydrogen-bond donors (Lipinski definition) is 2. The number of ether oxygens (including phenoxy) is 3. The van der Waals surface area contributed by atoms with Crippen LogP contribution in [0.15, 0.2) is 103 Å². The largest absolute Gasteiger partial charge is 0.493 e. The van der Waals surface area contributed by atoms with Gasteiger partial charge in [0.15, 0.2) is 17.3 Å². The van der Waals surface area contributed by atoms with Crippen molar-refractivity contribution in [2.75, 3.05) is 26.6 Å². The molecule has 4 aromatic carbocycles. The quantitative estimate of drug-likeness (QED) is 0.0873. The maximum Gasteiger partial charge on any atom is 0.276 e. The number of nitrogens with zero attached hydrogens (tertiary/aromatic N) is 1. The molecule has 0 aliphatic rings. The third-order valence-corrected chi connectivity index (χ3v) is 6.50. The van der Waals surface area contributed by atoms with Gasteiger partial charge in [-0.05, 0) is 78.4 Å². The van der Waals surface area contributed by atoms with E-state index >= 15 is 0 Å². The molecule has 11 nitrogen and oxygen atoms in total. The summed E-state index contributed by atoms with van der Waals surface area (Å²) in [5, 5.41) is 16.6. The molecule has 0 aromatic heterocycles. The molecule has 0 atom stereocenters. The summed E-state index contributed by atoms with van der Waals surface area (Å²) in [6.45, 7) is 0. The van der Waals surface area contributed by atoms with Gasteiger partial charge >= 0.3 is 0 Å². The molecule has 0 aliphatic carbocycles. The Labute approximate surface area is 258 Å². The topological polar surface area (TPSA) is 146 Å². The molecule has 4 rings (SSSR count). The van der Waals surface area contributed by atoms with E-state index in [9.17, 15) is 24.5 Å². The minimum Gasteiger partial charge on any atom is -0.493 e. The minimum absolute atomic E-state index is 0.0781. The van der Waals surface area contributed by atoms with Crippen LogP contribution in [0.3, 0.4) is 0 Å². The van der Waals surface area contributed by atoms with Gasteiger partial charge in [-0.1, -0.05) is 30.3 Å². The SMILES string of the molecule is COc1cc(/C=C(\NC(=O)c2ccccc2)C(=O)Nc2ccc(C(=O)/C=C/c3ccccc3[N+](=O)[O-])cc2)cc(OC)c1OC. The Hall–Kier alpha value is -6.23. The van der Waals surface area contributed by atoms with Crippen molar-refractivity contribution in [2.24, 2.45) is 0 Å². The number of para-hydroxylation sites is 1. The van der Waals surface area contributed by atoms with Crippen LogP contribution in [0.1, 0.15) is 31.8 Å². The zero-order valence-electron chi connectivity index (χ0n) is 24.6. The second-order valence-corrected chi connectivity index (χ2v) is 9.38. The fourth-order valence-electron chi connectivity index (χ4n) is 4.27. The maximum atomic E-state index is 13.5. The predicted molar refractivity (Wildman–Crippen MR) is 170 cm³/mol. The van der Waals surface area contributed by atoms with Gasteiger partial charge in [-0.15, -0.1) is 0 Å². The van der Waals surface area contributed by atoms with Gasteiger partial charge in [0, 0.05) is 22.9 Å². The van der Waals surface area contributed by atoms with Crippen molar-refractivity contribution >= 4 is 41.1 Å². The van der Waals surface area contributed by atoms with E-state index in [4.69, 9.17) is 14.2 Å². The van der Waals surface area contributed by atoms with Gasteiger partial charge in [-0.3, -0.25) is 24.5 Å². The maximum absolute atomic E-state index is 13.5. The van der Waals surface area contributed by atoms with Crippen molar-refractivity contribution in [3.05, 3.63) is 135 Å². The molecule has 0 heterocycles. The van der Waals surface area contributed by atoms with Crippen LogP contribution in [0.2, 0.25) is 0 Å². The Morgan fingerprint density at radius 2 is 1.40 bits per heavy atom. The lowest BCUT2D eigenvalue weighted by atomic mass is 10.1. The number of allylic oxidation sites excluding steroid dienone is 1. The Balaban J connectivity index is 1.58. The Kier molecular flexibility index (Phi) is 10.4. The minimum atomic E-state index is -0.636. The number of rotatable bonds is 12. The summed E-state index contributed by atoms with van der Waals surface area (Å²) in [7, 11) is 4.40. The number of nitrogens with one attached hydrogen (secondary N) is 2. The van der Waals surface area contributed by atoms with Gasteiger partial charge in [0.1, 0.15) is 5.70 Å². The number of benzene rings is 4. The van der Waals surface area contributed by atoms with Crippen molar-refractivity contribution in [2.45, 2.75) is 0 Å². The van der Waals surface area contributed by atoms with Crippen molar-refractivity contribution in [1.82, 2.24) is 5.32 Å². The number of carbonyl (C=O) groups is 3. The zero-order valence-corrected chi connectivity index (χ0v) is 24.6. The molecule has 45 heavy (non-hydrogen) atoms. The molecule has 2 N–H and O–H groups in total. The Bertz CT molecular complexity index is 1760. The zero-order chi connectivity index (χ0) is 32.3. The van der Waals surface area contributed by atoms with Crippen LogP contribution in [0.25, 0.3) is 12.2 Å². The number of amides is 2. The van der Waals surface area contributed by atoms with Crippen LogP contribution in [0.5, 0.6) is 17.2 Å². The molecule has 0 saturated carbocycles. The van der Waals surface area contributed by atoms with Gasteiger partial charge in [-0.25, -0.2) is 0 Å². The summed E-state index contributed by atoms with van der Waals surface area (Å²) in [6.07, 6.45) is 4.09. The van der Waals surface area contributed by atoms with E-state index < -0.39 is 16.7 Å². The molecule has 228 valence electrons. The van der Waals surface area contributed by atoms with E-state index in [1.54, 1.807) is 60.7 Å². The highest BCUT2D eigenvalue weighted by Crippen LogP contribution is 2.38. The standard InChI is InChI=1S/C34H29N3O8/c1-43-30-20-22(21-31(44-2)32(30)45-3)19-27(36-33(39)25-10-5-4-6-11-25)34(40)35-26-16-13-24(14-17-26)29(38)18-15-23-9-7-8-12-28(23)37(41)42/h4-21H,1-3H3,(H,35,40)(H,36,39)/b18-15+,27-19-. The first-order chi connectivity index (χ1) is 21.7. The van der Waals surface area contributed by atoms with Crippen molar-refractivity contribution in [1.29, 1.82) is 0 Å². The fourth-order valence-corrected chi connectivity index (χ4v) is 4.27. The Morgan fingerprint density at radius 3 is 2.00 bits per heavy atom. The van der Waals surface area contributed by atoms with E-state index in [-0.39, 0.29) is 17.2 Å². The number of carbonyl (C=O) groups excluding carboxylic acids is 3. The van der Waals surface area contributed by atoms with Crippen LogP contribution in [-0.2, 0) is 4.79 Å². The van der Waals surface area contributed by atoms with Crippen LogP contribution < -0.4 is 24.8 Å². The summed E-state index contributed by atoms with van der Waals surface area (Å²) in [5.41, 5.74) is 1.58. The van der Waals surface area contributed by atoms with Crippen LogP contribution in [-0.4, -0.2) is 43.9 Å². The molecule has 0 bridgehead atoms. The van der Waals surface area contributed by atoms with Crippen molar-refractivity contribution in [3.8, 4) is 17.2 Å². The molecule has 0 saturated heterocycles. The molecule has 11 heteroatoms. The van der Waals surface area contributed by atoms with Crippen molar-refractivity contribution < 1.29 is 33.5 Å². The highest BCUT2D eigenvalue weighted by Gasteiger charge is 2.18. The third kappa shape index (κ3) is 7.99. The first-order valence-corrected chi connectivity index (χ1v) is 13.5. The summed E-state index contributed by atoms with van der Waals surface area (Å²) < 4.78 is 16.2. The predicted octanol–water partition coefficient (Wildman–Crippen LogP) is 5.93. The smallest absolute Gasteiger partial charge is 0.276 e. The molecule has 0 spiro atoms. The number of nitro benzene ring substituents is 1. The second-order valence-electron chi connectivity index (χ2n) is 9.38. The van der Waals surface area contributed by atoms with Crippen LogP contribution in [0.4, 0.5) is 11.4 Å². The average molecular weight is 608 g/mol. The molecule has 2 amide bonds. The first kappa shape index (κ1) is 31.7. The average Bonchev–Trinajstić information content (AvgIpc) is 3.07. The number of ketones is 1. The first-order valence-electron chi connectivity index (χ1n) is 13.5. The normalized spacial score (nSPS) is 11.0. The highest BCUT2D eigenvalue weighted by atomic mass is 16.6. The lowest BCUT2D eigenvalue weighted by Gasteiger charge is -2.14. The van der Waals surface area contributed by atoms with Gasteiger partial charge in [0.25, 0.3) is 17.5 Å². The van der Waals surface area contributed by atoms with Crippen LogP contribution >= 0.6 is 0 Å². The van der Waals surface area contributed by atoms with Gasteiger partial charge in [0.2, 0.25) is 5.75 Å². The van der Waals surface area contributed by atoms with Crippen LogP contribution in [0, 0.1) is 10.1 Å². The van der Waals surface area contributed by atoms with E-state index in [0.29, 0.717) is 45.2 Å². The van der Waals surface area contributed by atoms with E-state index in [1.807, 2.05) is 0 Å². The number of nitro groups is 1. The van der Waals surface area contributed by atoms with Crippen molar-refractivity contribution in [3.63, 3.8) is 0 Å². The summed E-state index contributed by atoms with van der Waals surface area (Å²) in [6, 6.07) is 23.8. The highest BCUT2D eigenvalue weighted by molar-refractivity contribution is 6.11. The van der Waals surface area contributed by atoms with Gasteiger partial charge in [-0.2, -0.15) is 0 Å². The lowest BCUT2D eigenvalue weighted by Crippen LogP contribution is -2.30. The Morgan fingerprint density at radius 1 is 0.778 bits per heavy atom. The number of anilines is 1. The summed E-state index contributed by atoms with van der Waals surface area (Å²) in [4.78, 5) is 49.9. The second kappa shape index (κ2) is 14.8. The number of methoxy groups -OCH3 is 3. The van der Waals surface area contributed by atoms with Gasteiger partial charge in [0.05, 0.1) is 31.8 Å². The summed E-state index contributed by atoms with van der Waals surface area (Å²) >= 11 is 0. The molecule has 4 aromatic rings. The molecule has 0 unspecified atom stereocenters. The molecule has 0 aliphatic heterocycles. The molecule has 0 fully saturated rings. The molecular formula is C34H29N3O8. The molecular weight excluding hydrogens is 578 g/mol. The van der Waals surface area contributed by atoms with E-state index in [0.717, 1.165) is 0 Å². The third-order valence-electron chi connectivity index (χ3n) is 6.50. The van der Waals surface area contributed by atoms with E-state index in [1.165, 1.54) is 69.9 Å². The lowest BCUT2D eigenvalue weighted by molar-refractivity contribution is -0.385. The van der Waals surface area contributed by atoms with Gasteiger partial charge < -0.3 is 24.8 Å². The monoisotopic (exact) mass is 607 g/mol. The van der Waals surface area contributed by atoms with E-state index in [2.05, 4.69) is 10.6 Å². The summed E-state index contributed by atoms with van der Waals surface area (Å²) in [5.74, 6) is -0.451. The number of hydrogen-bond acceptors (Lipinski definition) is 8. The fraction of sp³-hybridized carbons (Fsp3) is 0.0882. The molecule has 0 radical (unpaired) electrons.